The third-order valence-electron chi connectivity index (χ3n) is 7.26. The van der Waals surface area contributed by atoms with Gasteiger partial charge in [0.05, 0.1) is 4.90 Å². The molecule has 0 radical (unpaired) electrons. The van der Waals surface area contributed by atoms with Gasteiger partial charge < -0.3 is 9.80 Å². The van der Waals surface area contributed by atoms with Gasteiger partial charge in [0.25, 0.3) is 0 Å². The molecule has 5 rings (SSSR count). The van der Waals surface area contributed by atoms with Crippen LogP contribution in [0.25, 0.3) is 0 Å². The molecule has 7 heteroatoms. The number of amides is 1. The number of anilines is 2. The van der Waals surface area contributed by atoms with Crippen LogP contribution in [0.4, 0.5) is 11.4 Å². The molecule has 0 N–H and O–H groups in total. The summed E-state index contributed by atoms with van der Waals surface area (Å²) in [5, 5.41) is 0. The van der Waals surface area contributed by atoms with E-state index in [0.29, 0.717) is 31.1 Å². The van der Waals surface area contributed by atoms with Gasteiger partial charge in [-0.2, -0.15) is 4.31 Å². The molecule has 1 saturated carbocycles. The number of fused-ring (bicyclic) bond motifs is 1. The van der Waals surface area contributed by atoms with E-state index < -0.39 is 10.0 Å². The fourth-order valence-electron chi connectivity index (χ4n) is 5.05. The number of rotatable bonds is 4. The number of sulfonamides is 1. The fourth-order valence-corrected chi connectivity index (χ4v) is 6.62. The lowest BCUT2D eigenvalue weighted by atomic mass is 9.84. The quantitative estimate of drug-likeness (QED) is 0.710. The summed E-state index contributed by atoms with van der Waals surface area (Å²) in [6.07, 6.45) is 3.80. The first kappa shape index (κ1) is 21.5. The average molecular weight is 454 g/mol. The summed E-state index contributed by atoms with van der Waals surface area (Å²) in [6.45, 7) is 6.38. The van der Waals surface area contributed by atoms with Gasteiger partial charge in [-0.15, -0.1) is 0 Å². The van der Waals surface area contributed by atoms with E-state index in [4.69, 9.17) is 0 Å². The van der Waals surface area contributed by atoms with Gasteiger partial charge >= 0.3 is 0 Å². The predicted octanol–water partition coefficient (Wildman–Crippen LogP) is 3.58. The minimum Gasteiger partial charge on any atom is -0.366 e. The molecule has 32 heavy (non-hydrogen) atoms. The van der Waals surface area contributed by atoms with Gasteiger partial charge in [0, 0.05) is 49.5 Å². The van der Waals surface area contributed by atoms with Crippen LogP contribution >= 0.6 is 0 Å². The minimum absolute atomic E-state index is 0.0891. The maximum atomic E-state index is 13.4. The molecular weight excluding hydrogens is 422 g/mol. The van der Waals surface area contributed by atoms with Crippen molar-refractivity contribution in [2.45, 2.75) is 50.5 Å². The first-order valence-corrected chi connectivity index (χ1v) is 13.1. The highest BCUT2D eigenvalue weighted by Gasteiger charge is 2.36. The molecule has 2 fully saturated rings. The number of hydrogen-bond acceptors (Lipinski definition) is 4. The van der Waals surface area contributed by atoms with E-state index in [1.165, 1.54) is 5.56 Å². The number of nitrogens with zero attached hydrogens (tertiary/aromatic N) is 3. The van der Waals surface area contributed by atoms with Crippen molar-refractivity contribution in [1.29, 1.82) is 0 Å². The van der Waals surface area contributed by atoms with Crippen molar-refractivity contribution in [3.05, 3.63) is 53.6 Å². The van der Waals surface area contributed by atoms with E-state index in [1.807, 2.05) is 11.0 Å². The molecule has 3 aliphatic rings. The monoisotopic (exact) mass is 453 g/mol. The lowest BCUT2D eigenvalue weighted by Gasteiger charge is -2.40. The second-order valence-corrected chi connectivity index (χ2v) is 11.3. The molecule has 0 spiro atoms. The second-order valence-electron chi connectivity index (χ2n) is 9.40. The maximum Gasteiger partial charge on any atom is 0.243 e. The predicted molar refractivity (Wildman–Crippen MR) is 127 cm³/mol. The Morgan fingerprint density at radius 1 is 1.00 bits per heavy atom. The minimum atomic E-state index is -3.57. The SMILES string of the molecule is Cc1ccc(N2CCN(S(=O)(=O)c3ccc4c(c3)CCN4C(=O)C3CCC3)C[C@@H]2C)cc1. The standard InChI is InChI=1S/C25H31N3O3S/c1-18-6-8-22(9-7-18)27-15-14-26(17-19(27)2)32(30,31)23-10-11-24-21(16-23)12-13-28(24)25(29)20-4-3-5-20/h6-11,16,19-20H,3-5,12-15,17H2,1-2H3/t19-/m0/s1. The highest BCUT2D eigenvalue weighted by atomic mass is 32.2. The Morgan fingerprint density at radius 2 is 1.75 bits per heavy atom. The molecular formula is C25H31N3O3S. The average Bonchev–Trinajstić information content (AvgIpc) is 3.16. The zero-order valence-electron chi connectivity index (χ0n) is 18.8. The Hall–Kier alpha value is -2.38. The van der Waals surface area contributed by atoms with Gasteiger partial charge in [-0.1, -0.05) is 24.1 Å². The first-order chi connectivity index (χ1) is 15.3. The molecule has 2 heterocycles. The Morgan fingerprint density at radius 3 is 2.41 bits per heavy atom. The van der Waals surface area contributed by atoms with Crippen molar-refractivity contribution in [3.63, 3.8) is 0 Å². The fraction of sp³-hybridized carbons (Fsp3) is 0.480. The van der Waals surface area contributed by atoms with Crippen LogP contribution in [0.2, 0.25) is 0 Å². The van der Waals surface area contributed by atoms with Crippen LogP contribution in [-0.2, 0) is 21.2 Å². The number of hydrogen-bond donors (Lipinski definition) is 0. The number of piperazine rings is 1. The van der Waals surface area contributed by atoms with E-state index in [1.54, 1.807) is 16.4 Å². The van der Waals surface area contributed by atoms with Crippen molar-refractivity contribution < 1.29 is 13.2 Å². The van der Waals surface area contributed by atoms with Crippen LogP contribution in [0.5, 0.6) is 0 Å². The van der Waals surface area contributed by atoms with Gasteiger partial charge in [0.1, 0.15) is 0 Å². The third-order valence-corrected chi connectivity index (χ3v) is 9.12. The Bertz CT molecular complexity index is 1130. The van der Waals surface area contributed by atoms with E-state index in [2.05, 4.69) is 43.0 Å². The first-order valence-electron chi connectivity index (χ1n) is 11.6. The zero-order valence-corrected chi connectivity index (χ0v) is 19.6. The second kappa shape index (κ2) is 8.19. The van der Waals surface area contributed by atoms with E-state index in [-0.39, 0.29) is 17.9 Å². The largest absolute Gasteiger partial charge is 0.366 e. The molecule has 0 aromatic heterocycles. The molecule has 2 aromatic carbocycles. The summed E-state index contributed by atoms with van der Waals surface area (Å²) < 4.78 is 28.5. The number of aryl methyl sites for hydroxylation is 1. The topological polar surface area (TPSA) is 60.9 Å². The normalized spacial score (nSPS) is 22.0. The molecule has 0 unspecified atom stereocenters. The molecule has 1 atom stereocenters. The summed E-state index contributed by atoms with van der Waals surface area (Å²) >= 11 is 0. The maximum absolute atomic E-state index is 13.4. The Kier molecular flexibility index (Phi) is 5.50. The summed E-state index contributed by atoms with van der Waals surface area (Å²) in [6, 6.07) is 13.8. The van der Waals surface area contributed by atoms with Crippen molar-refractivity contribution in [1.82, 2.24) is 4.31 Å². The third kappa shape index (κ3) is 3.71. The molecule has 1 aliphatic carbocycles. The van der Waals surface area contributed by atoms with Gasteiger partial charge in [0.2, 0.25) is 15.9 Å². The molecule has 6 nitrogen and oxygen atoms in total. The van der Waals surface area contributed by atoms with Gasteiger partial charge in [0.15, 0.2) is 0 Å². The molecule has 0 bridgehead atoms. The van der Waals surface area contributed by atoms with Crippen molar-refractivity contribution in [3.8, 4) is 0 Å². The van der Waals surface area contributed by atoms with Crippen LogP contribution in [-0.4, -0.2) is 50.9 Å². The molecule has 1 saturated heterocycles. The van der Waals surface area contributed by atoms with Crippen molar-refractivity contribution in [2.75, 3.05) is 36.0 Å². The van der Waals surface area contributed by atoms with Crippen LogP contribution in [0, 0.1) is 12.8 Å². The van der Waals surface area contributed by atoms with Crippen LogP contribution < -0.4 is 9.80 Å². The van der Waals surface area contributed by atoms with E-state index >= 15 is 0 Å². The molecule has 2 aliphatic heterocycles. The summed E-state index contributed by atoms with van der Waals surface area (Å²) in [5.74, 6) is 0.349. The number of benzene rings is 2. The van der Waals surface area contributed by atoms with Crippen molar-refractivity contribution in [2.24, 2.45) is 5.92 Å². The van der Waals surface area contributed by atoms with Gasteiger partial charge in [-0.05, 0) is 69.0 Å². The summed E-state index contributed by atoms with van der Waals surface area (Å²) in [5.41, 5.74) is 4.20. The summed E-state index contributed by atoms with van der Waals surface area (Å²) in [7, 11) is -3.57. The lowest BCUT2D eigenvalue weighted by molar-refractivity contribution is -0.124. The highest BCUT2D eigenvalue weighted by molar-refractivity contribution is 7.89. The summed E-state index contributed by atoms with van der Waals surface area (Å²) in [4.78, 5) is 17.2. The van der Waals surface area contributed by atoms with E-state index in [0.717, 1.165) is 42.6 Å². The molecule has 1 amide bonds. The molecule has 170 valence electrons. The Labute approximate surface area is 190 Å². The smallest absolute Gasteiger partial charge is 0.243 e. The van der Waals surface area contributed by atoms with Gasteiger partial charge in [-0.25, -0.2) is 8.42 Å². The van der Waals surface area contributed by atoms with Crippen LogP contribution in [0.3, 0.4) is 0 Å². The number of carbonyl (C=O) groups is 1. The van der Waals surface area contributed by atoms with Crippen molar-refractivity contribution >= 4 is 27.3 Å². The zero-order chi connectivity index (χ0) is 22.5. The lowest BCUT2D eigenvalue weighted by Crippen LogP contribution is -2.53. The van der Waals surface area contributed by atoms with E-state index in [9.17, 15) is 13.2 Å². The van der Waals surface area contributed by atoms with Crippen LogP contribution in [0.15, 0.2) is 47.4 Å². The Balaban J connectivity index is 1.32. The number of carbonyl (C=O) groups excluding carboxylic acids is 1. The molecule has 2 aromatic rings. The van der Waals surface area contributed by atoms with Crippen LogP contribution in [0.1, 0.15) is 37.3 Å². The highest BCUT2D eigenvalue weighted by Crippen LogP contribution is 2.36. The van der Waals surface area contributed by atoms with Gasteiger partial charge in [-0.3, -0.25) is 4.79 Å².